The summed E-state index contributed by atoms with van der Waals surface area (Å²) >= 11 is 0. The van der Waals surface area contributed by atoms with Crippen LogP contribution in [0.25, 0.3) is 0 Å². The zero-order valence-corrected chi connectivity index (χ0v) is 13.1. The van der Waals surface area contributed by atoms with Gasteiger partial charge in [0.1, 0.15) is 5.82 Å². The zero-order valence-electron chi connectivity index (χ0n) is 13.1. The van der Waals surface area contributed by atoms with E-state index in [1.165, 1.54) is 11.1 Å². The number of halogens is 1. The highest BCUT2D eigenvalue weighted by molar-refractivity contribution is 5.36. The fourth-order valence-corrected chi connectivity index (χ4v) is 2.56. The number of hydrogen-bond donors (Lipinski definition) is 1. The Labute approximate surface area is 127 Å². The minimum atomic E-state index is -0.143. The lowest BCUT2D eigenvalue weighted by molar-refractivity contribution is 0.590. The quantitative estimate of drug-likeness (QED) is 0.805. The summed E-state index contributed by atoms with van der Waals surface area (Å²) in [5.74, 6) is -0.143. The van der Waals surface area contributed by atoms with Gasteiger partial charge in [-0.15, -0.1) is 0 Å². The Morgan fingerprint density at radius 2 is 1.81 bits per heavy atom. The van der Waals surface area contributed by atoms with Gasteiger partial charge < -0.3 is 5.32 Å². The number of hydrogen-bond acceptors (Lipinski definition) is 1. The molecule has 0 saturated heterocycles. The van der Waals surface area contributed by atoms with E-state index in [4.69, 9.17) is 0 Å². The van der Waals surface area contributed by atoms with E-state index in [0.29, 0.717) is 5.56 Å². The SMILES string of the molecule is CCCNC(c1cccc(CC)c1)c1ccc(F)c(C)c1. The molecule has 1 atom stereocenters. The second kappa shape index (κ2) is 7.37. The zero-order chi connectivity index (χ0) is 15.2. The molecule has 0 saturated carbocycles. The van der Waals surface area contributed by atoms with Gasteiger partial charge in [-0.2, -0.15) is 0 Å². The van der Waals surface area contributed by atoms with Gasteiger partial charge in [0.15, 0.2) is 0 Å². The molecule has 1 N–H and O–H groups in total. The van der Waals surface area contributed by atoms with Gasteiger partial charge in [-0.3, -0.25) is 0 Å². The Bertz CT molecular complexity index is 592. The summed E-state index contributed by atoms with van der Waals surface area (Å²) in [6.07, 6.45) is 2.10. The monoisotopic (exact) mass is 285 g/mol. The van der Waals surface area contributed by atoms with E-state index < -0.39 is 0 Å². The van der Waals surface area contributed by atoms with Gasteiger partial charge in [-0.25, -0.2) is 4.39 Å². The molecule has 0 aliphatic rings. The molecule has 0 fully saturated rings. The Morgan fingerprint density at radius 3 is 2.48 bits per heavy atom. The van der Waals surface area contributed by atoms with Crippen molar-refractivity contribution in [1.29, 1.82) is 0 Å². The number of benzene rings is 2. The predicted octanol–water partition coefficient (Wildman–Crippen LogP) is 4.79. The highest BCUT2D eigenvalue weighted by Crippen LogP contribution is 2.25. The van der Waals surface area contributed by atoms with Crippen molar-refractivity contribution in [3.8, 4) is 0 Å². The molecule has 1 nitrogen and oxygen atoms in total. The van der Waals surface area contributed by atoms with Crippen LogP contribution >= 0.6 is 0 Å². The van der Waals surface area contributed by atoms with E-state index >= 15 is 0 Å². The van der Waals surface area contributed by atoms with Crippen LogP contribution in [-0.4, -0.2) is 6.54 Å². The molecule has 21 heavy (non-hydrogen) atoms. The Morgan fingerprint density at radius 1 is 1.05 bits per heavy atom. The lowest BCUT2D eigenvalue weighted by Gasteiger charge is -2.21. The van der Waals surface area contributed by atoms with Crippen LogP contribution in [-0.2, 0) is 6.42 Å². The third kappa shape index (κ3) is 3.92. The van der Waals surface area contributed by atoms with E-state index in [9.17, 15) is 4.39 Å². The normalized spacial score (nSPS) is 12.4. The van der Waals surface area contributed by atoms with Crippen molar-refractivity contribution in [2.24, 2.45) is 0 Å². The van der Waals surface area contributed by atoms with Gasteiger partial charge in [0.2, 0.25) is 0 Å². The Hall–Kier alpha value is -1.67. The maximum Gasteiger partial charge on any atom is 0.126 e. The van der Waals surface area contributed by atoms with Crippen LogP contribution in [0.3, 0.4) is 0 Å². The molecular formula is C19H24FN. The third-order valence-electron chi connectivity index (χ3n) is 3.81. The minimum Gasteiger partial charge on any atom is -0.306 e. The van der Waals surface area contributed by atoms with E-state index in [1.807, 2.05) is 19.1 Å². The largest absolute Gasteiger partial charge is 0.306 e. The fraction of sp³-hybridized carbons (Fsp3) is 0.368. The van der Waals surface area contributed by atoms with Crippen LogP contribution in [0.2, 0.25) is 0 Å². The topological polar surface area (TPSA) is 12.0 Å². The summed E-state index contributed by atoms with van der Waals surface area (Å²) in [4.78, 5) is 0. The van der Waals surface area contributed by atoms with Crippen molar-refractivity contribution in [3.63, 3.8) is 0 Å². The standard InChI is InChI=1S/C19H24FN/c1-4-11-21-19(16-8-6-7-15(5-2)13-16)17-9-10-18(20)14(3)12-17/h6-10,12-13,19,21H,4-5,11H2,1-3H3. The summed E-state index contributed by atoms with van der Waals surface area (Å²) in [5, 5.41) is 3.58. The number of aryl methyl sites for hydroxylation is 2. The van der Waals surface area contributed by atoms with E-state index in [1.54, 1.807) is 6.07 Å². The number of nitrogens with one attached hydrogen (secondary N) is 1. The van der Waals surface area contributed by atoms with Crippen molar-refractivity contribution in [2.75, 3.05) is 6.54 Å². The molecule has 1 unspecified atom stereocenters. The molecule has 0 bridgehead atoms. The third-order valence-corrected chi connectivity index (χ3v) is 3.81. The molecule has 2 rings (SSSR count). The van der Waals surface area contributed by atoms with E-state index in [2.05, 4.69) is 43.4 Å². The van der Waals surface area contributed by atoms with Crippen LogP contribution in [0.4, 0.5) is 4.39 Å². The fourth-order valence-electron chi connectivity index (χ4n) is 2.56. The van der Waals surface area contributed by atoms with Crippen molar-refractivity contribution >= 4 is 0 Å². The molecule has 0 spiro atoms. The molecule has 0 aliphatic heterocycles. The second-order valence-electron chi connectivity index (χ2n) is 5.49. The van der Waals surface area contributed by atoms with Crippen LogP contribution in [0, 0.1) is 12.7 Å². The van der Waals surface area contributed by atoms with Crippen LogP contribution in [0.15, 0.2) is 42.5 Å². The first-order chi connectivity index (χ1) is 10.2. The average molecular weight is 285 g/mol. The van der Waals surface area contributed by atoms with Gasteiger partial charge in [0.05, 0.1) is 6.04 Å². The summed E-state index contributed by atoms with van der Waals surface area (Å²) in [7, 11) is 0. The number of rotatable bonds is 6. The summed E-state index contributed by atoms with van der Waals surface area (Å²) in [6, 6.07) is 14.2. The van der Waals surface area contributed by atoms with Gasteiger partial charge in [0.25, 0.3) is 0 Å². The first-order valence-electron chi connectivity index (χ1n) is 7.74. The van der Waals surface area contributed by atoms with Crippen LogP contribution in [0.5, 0.6) is 0 Å². The minimum absolute atomic E-state index is 0.121. The molecule has 0 aliphatic carbocycles. The second-order valence-corrected chi connectivity index (χ2v) is 5.49. The predicted molar refractivity (Wildman–Crippen MR) is 87.1 cm³/mol. The first kappa shape index (κ1) is 15.7. The van der Waals surface area contributed by atoms with Crippen molar-refractivity contribution in [1.82, 2.24) is 5.32 Å². The van der Waals surface area contributed by atoms with Crippen molar-refractivity contribution in [2.45, 2.75) is 39.7 Å². The van der Waals surface area contributed by atoms with Crippen LogP contribution < -0.4 is 5.32 Å². The van der Waals surface area contributed by atoms with Gasteiger partial charge in [-0.05, 0) is 54.6 Å². The highest BCUT2D eigenvalue weighted by atomic mass is 19.1. The lowest BCUT2D eigenvalue weighted by Crippen LogP contribution is -2.23. The maximum atomic E-state index is 13.5. The molecule has 0 heterocycles. The first-order valence-corrected chi connectivity index (χ1v) is 7.74. The molecule has 112 valence electrons. The molecule has 2 aromatic rings. The summed E-state index contributed by atoms with van der Waals surface area (Å²) in [6.45, 7) is 7.08. The van der Waals surface area contributed by atoms with Crippen LogP contribution in [0.1, 0.15) is 48.6 Å². The average Bonchev–Trinajstić information content (AvgIpc) is 2.51. The molecule has 0 aromatic heterocycles. The lowest BCUT2D eigenvalue weighted by atomic mass is 9.95. The molecule has 0 amide bonds. The van der Waals surface area contributed by atoms with Gasteiger partial charge in [0, 0.05) is 0 Å². The summed E-state index contributed by atoms with van der Waals surface area (Å²) in [5.41, 5.74) is 4.39. The highest BCUT2D eigenvalue weighted by Gasteiger charge is 2.14. The van der Waals surface area contributed by atoms with E-state index in [-0.39, 0.29) is 11.9 Å². The smallest absolute Gasteiger partial charge is 0.126 e. The van der Waals surface area contributed by atoms with Gasteiger partial charge in [-0.1, -0.05) is 50.2 Å². The molecule has 2 heteroatoms. The molecular weight excluding hydrogens is 261 g/mol. The van der Waals surface area contributed by atoms with Crippen molar-refractivity contribution < 1.29 is 4.39 Å². The molecule has 2 aromatic carbocycles. The van der Waals surface area contributed by atoms with Crippen molar-refractivity contribution in [3.05, 3.63) is 70.5 Å². The Kier molecular flexibility index (Phi) is 5.51. The van der Waals surface area contributed by atoms with Gasteiger partial charge >= 0.3 is 0 Å². The molecule has 0 radical (unpaired) electrons. The van der Waals surface area contributed by atoms with E-state index in [0.717, 1.165) is 24.9 Å². The maximum absolute atomic E-state index is 13.5. The summed E-state index contributed by atoms with van der Waals surface area (Å²) < 4.78 is 13.5. The Balaban J connectivity index is 2.38.